The molecule has 0 unspecified atom stereocenters. The SMILES string of the molecule is N#CCNS(=O)(=O)c1ccc(Cl)s1. The van der Waals surface area contributed by atoms with Crippen molar-refractivity contribution in [2.45, 2.75) is 4.21 Å². The number of hydrogen-bond acceptors (Lipinski definition) is 4. The van der Waals surface area contributed by atoms with Gasteiger partial charge >= 0.3 is 0 Å². The lowest BCUT2D eigenvalue weighted by atomic mass is 10.7. The lowest BCUT2D eigenvalue weighted by molar-refractivity contribution is 0.588. The summed E-state index contributed by atoms with van der Waals surface area (Å²) in [5.74, 6) is 0. The van der Waals surface area contributed by atoms with Crippen LogP contribution in [0.3, 0.4) is 0 Å². The van der Waals surface area contributed by atoms with Gasteiger partial charge in [0.25, 0.3) is 10.0 Å². The Kier molecular flexibility index (Phi) is 3.27. The average Bonchev–Trinajstić information content (AvgIpc) is 2.49. The van der Waals surface area contributed by atoms with Crippen LogP contribution >= 0.6 is 22.9 Å². The highest BCUT2D eigenvalue weighted by molar-refractivity contribution is 7.91. The predicted molar refractivity (Wildman–Crippen MR) is 50.1 cm³/mol. The van der Waals surface area contributed by atoms with Gasteiger partial charge in [0.15, 0.2) is 0 Å². The van der Waals surface area contributed by atoms with Gasteiger partial charge in [-0.3, -0.25) is 0 Å². The van der Waals surface area contributed by atoms with Crippen molar-refractivity contribution in [2.24, 2.45) is 0 Å². The summed E-state index contributed by atoms with van der Waals surface area (Å²) >= 11 is 6.51. The minimum atomic E-state index is -3.54. The molecule has 1 heterocycles. The standard InChI is InChI=1S/C6H5ClN2O2S2/c7-5-1-2-6(12-5)13(10,11)9-4-3-8/h1-2,9H,4H2. The molecule has 0 aromatic carbocycles. The van der Waals surface area contributed by atoms with Crippen LogP contribution in [0.25, 0.3) is 0 Å². The Balaban J connectivity index is 2.89. The lowest BCUT2D eigenvalue weighted by Crippen LogP contribution is -2.22. The van der Waals surface area contributed by atoms with Crippen LogP contribution in [0.2, 0.25) is 4.34 Å². The molecule has 0 aliphatic rings. The maximum absolute atomic E-state index is 11.3. The summed E-state index contributed by atoms with van der Waals surface area (Å²) in [5, 5.41) is 8.18. The molecule has 1 N–H and O–H groups in total. The van der Waals surface area contributed by atoms with Crippen LogP contribution in [0, 0.1) is 11.3 Å². The topological polar surface area (TPSA) is 70.0 Å². The third kappa shape index (κ3) is 2.67. The minimum absolute atomic E-state index is 0.118. The predicted octanol–water partition coefficient (Wildman–Crippen LogP) is 1.20. The van der Waals surface area contributed by atoms with Gasteiger partial charge in [0.1, 0.15) is 4.21 Å². The molecule has 0 saturated carbocycles. The molecule has 1 aromatic rings. The molecule has 13 heavy (non-hydrogen) atoms. The van der Waals surface area contributed by atoms with E-state index in [1.165, 1.54) is 12.1 Å². The molecular weight excluding hydrogens is 232 g/mol. The summed E-state index contributed by atoms with van der Waals surface area (Å²) < 4.78 is 25.2. The van der Waals surface area contributed by atoms with Crippen LogP contribution in [0.15, 0.2) is 16.3 Å². The molecule has 7 heteroatoms. The van der Waals surface area contributed by atoms with Crippen molar-refractivity contribution < 1.29 is 8.42 Å². The van der Waals surface area contributed by atoms with Crippen molar-refractivity contribution in [3.8, 4) is 6.07 Å². The van der Waals surface area contributed by atoms with Crippen molar-refractivity contribution in [3.63, 3.8) is 0 Å². The molecule has 0 saturated heterocycles. The zero-order chi connectivity index (χ0) is 9.90. The first-order chi connectivity index (χ1) is 6.06. The molecule has 4 nitrogen and oxygen atoms in total. The summed E-state index contributed by atoms with van der Waals surface area (Å²) in [6.45, 7) is -0.238. The number of sulfonamides is 1. The van der Waals surface area contributed by atoms with Crippen LogP contribution in [0.5, 0.6) is 0 Å². The van der Waals surface area contributed by atoms with Gasteiger partial charge in [0, 0.05) is 0 Å². The molecule has 0 fully saturated rings. The van der Waals surface area contributed by atoms with Gasteiger partial charge in [0.2, 0.25) is 0 Å². The first kappa shape index (κ1) is 10.5. The molecular formula is C6H5ClN2O2S2. The van der Waals surface area contributed by atoms with Crippen LogP contribution in [-0.2, 0) is 10.0 Å². The van der Waals surface area contributed by atoms with E-state index in [-0.39, 0.29) is 10.8 Å². The zero-order valence-corrected chi connectivity index (χ0v) is 8.71. The Morgan fingerprint density at radius 2 is 2.31 bits per heavy atom. The first-order valence-electron chi connectivity index (χ1n) is 3.18. The van der Waals surface area contributed by atoms with E-state index in [9.17, 15) is 8.42 Å². The monoisotopic (exact) mass is 236 g/mol. The van der Waals surface area contributed by atoms with Crippen molar-refractivity contribution in [1.82, 2.24) is 4.72 Å². The molecule has 0 atom stereocenters. The van der Waals surface area contributed by atoms with Gasteiger partial charge in [-0.25, -0.2) is 8.42 Å². The molecule has 0 spiro atoms. The number of halogens is 1. The summed E-state index contributed by atoms with van der Waals surface area (Å²) in [7, 11) is -3.54. The second-order valence-electron chi connectivity index (χ2n) is 2.04. The van der Waals surface area contributed by atoms with E-state index in [2.05, 4.69) is 4.72 Å². The smallest absolute Gasteiger partial charge is 0.206 e. The fourth-order valence-corrected chi connectivity index (χ4v) is 3.08. The van der Waals surface area contributed by atoms with Gasteiger partial charge < -0.3 is 0 Å². The second kappa shape index (κ2) is 4.07. The van der Waals surface area contributed by atoms with Crippen molar-refractivity contribution in [1.29, 1.82) is 5.26 Å². The average molecular weight is 237 g/mol. The van der Waals surface area contributed by atoms with Crippen LogP contribution in [-0.4, -0.2) is 15.0 Å². The zero-order valence-electron chi connectivity index (χ0n) is 6.32. The van der Waals surface area contributed by atoms with E-state index in [1.807, 2.05) is 0 Å². The Morgan fingerprint density at radius 3 is 2.77 bits per heavy atom. The highest BCUT2D eigenvalue weighted by atomic mass is 35.5. The van der Waals surface area contributed by atoms with E-state index in [0.29, 0.717) is 4.34 Å². The lowest BCUT2D eigenvalue weighted by Gasteiger charge is -1.97. The number of nitriles is 1. The van der Waals surface area contributed by atoms with Crippen molar-refractivity contribution in [3.05, 3.63) is 16.5 Å². The Morgan fingerprint density at radius 1 is 1.62 bits per heavy atom. The van der Waals surface area contributed by atoms with E-state index in [1.54, 1.807) is 6.07 Å². The molecule has 0 aliphatic heterocycles. The van der Waals surface area contributed by atoms with Gasteiger partial charge in [-0.2, -0.15) is 9.98 Å². The largest absolute Gasteiger partial charge is 0.251 e. The fraction of sp³-hybridized carbons (Fsp3) is 0.167. The molecule has 1 aromatic heterocycles. The molecule has 0 radical (unpaired) electrons. The Hall–Kier alpha value is -0.610. The number of rotatable bonds is 3. The summed E-state index contributed by atoms with van der Waals surface area (Å²) in [5.41, 5.74) is 0. The highest BCUT2D eigenvalue weighted by Gasteiger charge is 2.15. The van der Waals surface area contributed by atoms with Crippen molar-refractivity contribution in [2.75, 3.05) is 6.54 Å². The Labute approximate surface area is 84.8 Å². The molecule has 70 valence electrons. The maximum Gasteiger partial charge on any atom is 0.251 e. The fourth-order valence-electron chi connectivity index (χ4n) is 0.641. The maximum atomic E-state index is 11.3. The van der Waals surface area contributed by atoms with Gasteiger partial charge in [-0.15, -0.1) is 11.3 Å². The summed E-state index contributed by atoms with van der Waals surface area (Å²) in [6.07, 6.45) is 0. The number of nitrogens with zero attached hydrogens (tertiary/aromatic N) is 1. The third-order valence-electron chi connectivity index (χ3n) is 1.15. The normalized spacial score (nSPS) is 11.1. The van der Waals surface area contributed by atoms with Crippen LogP contribution in [0.4, 0.5) is 0 Å². The summed E-state index contributed by atoms with van der Waals surface area (Å²) in [6, 6.07) is 4.57. The van der Waals surface area contributed by atoms with Gasteiger partial charge in [-0.1, -0.05) is 11.6 Å². The van der Waals surface area contributed by atoms with Crippen LogP contribution in [0.1, 0.15) is 0 Å². The molecule has 0 aliphatic carbocycles. The van der Waals surface area contributed by atoms with Gasteiger partial charge in [-0.05, 0) is 12.1 Å². The van der Waals surface area contributed by atoms with E-state index in [4.69, 9.17) is 16.9 Å². The van der Waals surface area contributed by atoms with E-state index >= 15 is 0 Å². The second-order valence-corrected chi connectivity index (χ2v) is 5.75. The highest BCUT2D eigenvalue weighted by Crippen LogP contribution is 2.24. The van der Waals surface area contributed by atoms with Gasteiger partial charge in [0.05, 0.1) is 17.0 Å². The quantitative estimate of drug-likeness (QED) is 0.802. The van der Waals surface area contributed by atoms with Crippen LogP contribution < -0.4 is 4.72 Å². The van der Waals surface area contributed by atoms with E-state index < -0.39 is 10.0 Å². The number of thiophene rings is 1. The number of nitrogens with one attached hydrogen (secondary N) is 1. The number of hydrogen-bond donors (Lipinski definition) is 1. The Bertz CT molecular complexity index is 432. The molecule has 0 bridgehead atoms. The molecule has 1 rings (SSSR count). The third-order valence-corrected chi connectivity index (χ3v) is 4.28. The first-order valence-corrected chi connectivity index (χ1v) is 5.86. The summed E-state index contributed by atoms with van der Waals surface area (Å²) in [4.78, 5) is 0. The van der Waals surface area contributed by atoms with E-state index in [0.717, 1.165) is 11.3 Å². The minimum Gasteiger partial charge on any atom is -0.206 e. The molecule has 0 amide bonds. The van der Waals surface area contributed by atoms with Crippen molar-refractivity contribution >= 4 is 33.0 Å².